The maximum Gasteiger partial charge on any atom is 0.212 e. The van der Waals surface area contributed by atoms with Crippen molar-refractivity contribution >= 4 is 0 Å². The number of hydrogen-bond acceptors (Lipinski definition) is 3. The van der Waals surface area contributed by atoms with Gasteiger partial charge in [0.05, 0.1) is 7.11 Å². The first-order valence-corrected chi connectivity index (χ1v) is 6.24. The normalized spacial score (nSPS) is 10.5. The third kappa shape index (κ3) is 3.29. The second kappa shape index (κ2) is 6.29. The number of halogens is 1. The summed E-state index contributed by atoms with van der Waals surface area (Å²) in [7, 11) is 1.58. The summed E-state index contributed by atoms with van der Waals surface area (Å²) in [4.78, 5) is 4.18. The van der Waals surface area contributed by atoms with Gasteiger partial charge in [-0.2, -0.15) is 0 Å². The zero-order chi connectivity index (χ0) is 13.7. The Balaban J connectivity index is 2.36. The van der Waals surface area contributed by atoms with E-state index in [0.717, 1.165) is 23.2 Å². The molecule has 4 heteroatoms. The number of rotatable bonds is 5. The molecule has 0 bridgehead atoms. The molecule has 0 radical (unpaired) electrons. The van der Waals surface area contributed by atoms with Crippen LogP contribution in [0.1, 0.15) is 12.5 Å². The molecule has 3 nitrogen and oxygen atoms in total. The van der Waals surface area contributed by atoms with Crippen LogP contribution in [0.4, 0.5) is 4.39 Å². The van der Waals surface area contributed by atoms with Gasteiger partial charge in [0.25, 0.3) is 0 Å². The molecule has 0 unspecified atom stereocenters. The lowest BCUT2D eigenvalue weighted by Gasteiger charge is -2.10. The summed E-state index contributed by atoms with van der Waals surface area (Å²) in [6, 6.07) is 8.53. The minimum Gasteiger partial charge on any atom is -0.481 e. The van der Waals surface area contributed by atoms with Gasteiger partial charge in [-0.15, -0.1) is 0 Å². The fourth-order valence-electron chi connectivity index (χ4n) is 1.91. The van der Waals surface area contributed by atoms with Gasteiger partial charge in [-0.05, 0) is 35.9 Å². The number of methoxy groups -OCH3 is 1. The van der Waals surface area contributed by atoms with E-state index in [9.17, 15) is 4.39 Å². The van der Waals surface area contributed by atoms with E-state index in [1.165, 1.54) is 6.07 Å². The lowest BCUT2D eigenvalue weighted by molar-refractivity contribution is 0.398. The molecule has 1 aromatic carbocycles. The quantitative estimate of drug-likeness (QED) is 0.897. The molecule has 1 N–H and O–H groups in total. The Morgan fingerprint density at radius 1 is 1.26 bits per heavy atom. The Labute approximate surface area is 112 Å². The highest BCUT2D eigenvalue weighted by atomic mass is 19.1. The van der Waals surface area contributed by atoms with Crippen LogP contribution in [-0.2, 0) is 6.54 Å². The number of nitrogens with one attached hydrogen (secondary N) is 1. The third-order valence-corrected chi connectivity index (χ3v) is 2.89. The third-order valence-electron chi connectivity index (χ3n) is 2.89. The molecular formula is C15H17FN2O. The molecule has 0 saturated carbocycles. The van der Waals surface area contributed by atoms with E-state index in [4.69, 9.17) is 4.74 Å². The molecule has 1 heterocycles. The molecule has 0 aliphatic rings. The van der Waals surface area contributed by atoms with E-state index in [2.05, 4.69) is 10.3 Å². The summed E-state index contributed by atoms with van der Waals surface area (Å²) in [5.74, 6) is 0.345. The summed E-state index contributed by atoms with van der Waals surface area (Å²) in [6.45, 7) is 3.50. The van der Waals surface area contributed by atoms with Crippen molar-refractivity contribution in [2.24, 2.45) is 0 Å². The summed E-state index contributed by atoms with van der Waals surface area (Å²) in [5, 5.41) is 3.21. The van der Waals surface area contributed by atoms with Crippen LogP contribution in [0.15, 0.2) is 36.5 Å². The topological polar surface area (TPSA) is 34.1 Å². The number of aromatic nitrogens is 1. The van der Waals surface area contributed by atoms with Crippen molar-refractivity contribution in [2.75, 3.05) is 13.7 Å². The van der Waals surface area contributed by atoms with Crippen molar-refractivity contribution in [3.63, 3.8) is 0 Å². The van der Waals surface area contributed by atoms with Crippen molar-refractivity contribution in [1.82, 2.24) is 10.3 Å². The molecule has 19 heavy (non-hydrogen) atoms. The SMILES string of the molecule is CCNCc1cc(F)ccc1-c1ccc(OC)nc1. The van der Waals surface area contributed by atoms with Gasteiger partial charge in [-0.1, -0.05) is 13.0 Å². The van der Waals surface area contributed by atoms with Crippen LogP contribution in [0.2, 0.25) is 0 Å². The molecular weight excluding hydrogens is 243 g/mol. The Bertz CT molecular complexity index is 540. The Morgan fingerprint density at radius 2 is 2.11 bits per heavy atom. The van der Waals surface area contributed by atoms with Gasteiger partial charge in [0.15, 0.2) is 0 Å². The molecule has 0 spiro atoms. The molecule has 1 aromatic heterocycles. The molecule has 0 aliphatic heterocycles. The van der Waals surface area contributed by atoms with Gasteiger partial charge in [0.2, 0.25) is 5.88 Å². The van der Waals surface area contributed by atoms with E-state index in [1.807, 2.05) is 13.0 Å². The van der Waals surface area contributed by atoms with Crippen LogP contribution in [0.5, 0.6) is 5.88 Å². The molecule has 0 atom stereocenters. The predicted molar refractivity (Wildman–Crippen MR) is 73.6 cm³/mol. The smallest absolute Gasteiger partial charge is 0.212 e. The van der Waals surface area contributed by atoms with E-state index >= 15 is 0 Å². The largest absolute Gasteiger partial charge is 0.481 e. The summed E-state index contributed by atoms with van der Waals surface area (Å²) in [5.41, 5.74) is 2.86. The van der Waals surface area contributed by atoms with Crippen molar-refractivity contribution in [2.45, 2.75) is 13.5 Å². The predicted octanol–water partition coefficient (Wildman–Crippen LogP) is 3.01. The van der Waals surface area contributed by atoms with Crippen molar-refractivity contribution in [1.29, 1.82) is 0 Å². The summed E-state index contributed by atoms with van der Waals surface area (Å²) in [6.07, 6.45) is 1.74. The van der Waals surface area contributed by atoms with Gasteiger partial charge in [-0.25, -0.2) is 9.37 Å². The zero-order valence-corrected chi connectivity index (χ0v) is 11.1. The number of pyridine rings is 1. The Morgan fingerprint density at radius 3 is 2.74 bits per heavy atom. The number of ether oxygens (including phenoxy) is 1. The Kier molecular flexibility index (Phi) is 4.47. The first-order chi connectivity index (χ1) is 9.24. The average molecular weight is 260 g/mol. The second-order valence-corrected chi connectivity index (χ2v) is 4.17. The molecule has 0 amide bonds. The standard InChI is InChI=1S/C15H17FN2O/c1-3-17-9-12-8-13(16)5-6-14(12)11-4-7-15(19-2)18-10-11/h4-8,10,17H,3,9H2,1-2H3. The first-order valence-electron chi connectivity index (χ1n) is 6.24. The van der Waals surface area contributed by atoms with Gasteiger partial charge < -0.3 is 10.1 Å². The minimum atomic E-state index is -0.224. The second-order valence-electron chi connectivity index (χ2n) is 4.17. The highest BCUT2D eigenvalue weighted by molar-refractivity contribution is 5.66. The monoisotopic (exact) mass is 260 g/mol. The molecule has 100 valence electrons. The van der Waals surface area contributed by atoms with E-state index in [-0.39, 0.29) is 5.82 Å². The van der Waals surface area contributed by atoms with Gasteiger partial charge in [0, 0.05) is 24.4 Å². The van der Waals surface area contributed by atoms with Crippen LogP contribution in [0, 0.1) is 5.82 Å². The zero-order valence-electron chi connectivity index (χ0n) is 11.1. The van der Waals surface area contributed by atoms with Crippen LogP contribution < -0.4 is 10.1 Å². The first kappa shape index (κ1) is 13.5. The number of hydrogen-bond donors (Lipinski definition) is 1. The maximum atomic E-state index is 13.3. The molecule has 0 saturated heterocycles. The summed E-state index contributed by atoms with van der Waals surface area (Å²) < 4.78 is 18.4. The fourth-order valence-corrected chi connectivity index (χ4v) is 1.91. The van der Waals surface area contributed by atoms with Crippen LogP contribution in [0.3, 0.4) is 0 Å². The van der Waals surface area contributed by atoms with E-state index < -0.39 is 0 Å². The maximum absolute atomic E-state index is 13.3. The average Bonchev–Trinajstić information content (AvgIpc) is 2.45. The highest BCUT2D eigenvalue weighted by Crippen LogP contribution is 2.25. The Hall–Kier alpha value is -1.94. The molecule has 2 rings (SSSR count). The van der Waals surface area contributed by atoms with Crippen molar-refractivity contribution in [3.8, 4) is 17.0 Å². The van der Waals surface area contributed by atoms with E-state index in [1.54, 1.807) is 31.5 Å². The lowest BCUT2D eigenvalue weighted by atomic mass is 10.0. The minimum absolute atomic E-state index is 0.224. The van der Waals surface area contributed by atoms with E-state index in [0.29, 0.717) is 12.4 Å². The highest BCUT2D eigenvalue weighted by Gasteiger charge is 2.07. The fraction of sp³-hybridized carbons (Fsp3) is 0.267. The lowest BCUT2D eigenvalue weighted by Crippen LogP contribution is -2.12. The van der Waals surface area contributed by atoms with Crippen molar-refractivity contribution in [3.05, 3.63) is 47.9 Å². The van der Waals surface area contributed by atoms with Gasteiger partial charge in [0.1, 0.15) is 5.82 Å². The number of benzene rings is 1. The molecule has 0 aliphatic carbocycles. The van der Waals surface area contributed by atoms with Crippen LogP contribution in [0.25, 0.3) is 11.1 Å². The molecule has 0 fully saturated rings. The van der Waals surface area contributed by atoms with Gasteiger partial charge in [-0.3, -0.25) is 0 Å². The van der Waals surface area contributed by atoms with Crippen molar-refractivity contribution < 1.29 is 9.13 Å². The van der Waals surface area contributed by atoms with Crippen LogP contribution >= 0.6 is 0 Å². The number of nitrogens with zero attached hydrogens (tertiary/aromatic N) is 1. The van der Waals surface area contributed by atoms with Crippen LogP contribution in [-0.4, -0.2) is 18.6 Å². The molecule has 2 aromatic rings. The summed E-state index contributed by atoms with van der Waals surface area (Å²) >= 11 is 0. The van der Waals surface area contributed by atoms with Gasteiger partial charge >= 0.3 is 0 Å².